The van der Waals surface area contributed by atoms with Crippen molar-refractivity contribution < 1.29 is 18.7 Å². The van der Waals surface area contributed by atoms with Gasteiger partial charge >= 0.3 is 0 Å². The number of hydrogen-bond donors (Lipinski definition) is 1. The van der Waals surface area contributed by atoms with Crippen LogP contribution in [0.25, 0.3) is 0 Å². The smallest absolute Gasteiger partial charge is 0.257 e. The summed E-state index contributed by atoms with van der Waals surface area (Å²) in [6.45, 7) is 4.02. The Morgan fingerprint density at radius 3 is 2.59 bits per heavy atom. The third kappa shape index (κ3) is 4.61. The molecule has 0 spiro atoms. The first-order valence-electron chi connectivity index (χ1n) is 8.51. The average Bonchev–Trinajstić information content (AvgIpc) is 2.64. The van der Waals surface area contributed by atoms with Crippen LogP contribution in [0.2, 0.25) is 0 Å². The van der Waals surface area contributed by atoms with Gasteiger partial charge in [0.25, 0.3) is 5.91 Å². The average molecular weight is 366 g/mol. The van der Waals surface area contributed by atoms with Gasteiger partial charge in [-0.25, -0.2) is 4.98 Å². The van der Waals surface area contributed by atoms with Crippen molar-refractivity contribution in [3.05, 3.63) is 77.9 Å². The highest BCUT2D eigenvalue weighted by Crippen LogP contribution is 2.32. The number of carbonyl (C=O) groups is 1. The third-order valence-electron chi connectivity index (χ3n) is 3.77. The van der Waals surface area contributed by atoms with Crippen LogP contribution in [0.15, 0.2) is 60.7 Å². The number of benzene rings is 2. The van der Waals surface area contributed by atoms with E-state index in [-0.39, 0.29) is 5.91 Å². The lowest BCUT2D eigenvalue weighted by atomic mass is 10.2. The van der Waals surface area contributed by atoms with Gasteiger partial charge in [0.15, 0.2) is 11.5 Å². The summed E-state index contributed by atoms with van der Waals surface area (Å²) in [5, 5.41) is 2.77. The summed E-state index contributed by atoms with van der Waals surface area (Å²) in [6.07, 6.45) is 0. The molecule has 0 bridgehead atoms. The summed E-state index contributed by atoms with van der Waals surface area (Å²) in [4.78, 5) is 16.1. The zero-order chi connectivity index (χ0) is 19.2. The molecule has 0 saturated carbocycles. The van der Waals surface area contributed by atoms with Gasteiger partial charge in [0.1, 0.15) is 5.75 Å². The van der Waals surface area contributed by atoms with Gasteiger partial charge in [0.05, 0.1) is 17.9 Å². The van der Waals surface area contributed by atoms with Crippen LogP contribution in [-0.2, 0) is 0 Å². The van der Waals surface area contributed by atoms with Crippen LogP contribution in [-0.4, -0.2) is 17.5 Å². The van der Waals surface area contributed by atoms with Crippen LogP contribution in [0, 0.1) is 12.9 Å². The van der Waals surface area contributed by atoms with Gasteiger partial charge < -0.3 is 14.8 Å². The van der Waals surface area contributed by atoms with E-state index in [9.17, 15) is 9.18 Å². The van der Waals surface area contributed by atoms with E-state index in [2.05, 4.69) is 10.3 Å². The van der Waals surface area contributed by atoms with E-state index in [0.717, 1.165) is 6.07 Å². The minimum Gasteiger partial charge on any atom is -0.490 e. The van der Waals surface area contributed by atoms with Crippen LogP contribution in [0.4, 0.5) is 10.1 Å². The maximum atomic E-state index is 13.1. The first kappa shape index (κ1) is 18.4. The highest BCUT2D eigenvalue weighted by atomic mass is 19.1. The number of nitrogens with zero attached hydrogens (tertiary/aromatic N) is 1. The van der Waals surface area contributed by atoms with Crippen LogP contribution in [0.1, 0.15) is 23.0 Å². The molecule has 3 aromatic rings. The molecule has 0 radical (unpaired) electrons. The quantitative estimate of drug-likeness (QED) is 0.626. The molecule has 0 unspecified atom stereocenters. The van der Waals surface area contributed by atoms with Crippen LogP contribution in [0.3, 0.4) is 0 Å². The molecule has 0 fully saturated rings. The van der Waals surface area contributed by atoms with Crippen molar-refractivity contribution in [2.45, 2.75) is 13.8 Å². The zero-order valence-electron chi connectivity index (χ0n) is 15.0. The van der Waals surface area contributed by atoms with Crippen molar-refractivity contribution in [2.24, 2.45) is 0 Å². The predicted octanol–water partition coefficient (Wildman–Crippen LogP) is 4.97. The summed E-state index contributed by atoms with van der Waals surface area (Å²) in [6, 6.07) is 16.9. The first-order chi connectivity index (χ1) is 13.1. The number of ether oxygens (including phenoxy) is 2. The van der Waals surface area contributed by atoms with Crippen molar-refractivity contribution >= 4 is 11.6 Å². The van der Waals surface area contributed by atoms with Crippen molar-refractivity contribution in [3.63, 3.8) is 0 Å². The Hall–Kier alpha value is -3.41. The van der Waals surface area contributed by atoms with E-state index in [1.807, 2.05) is 31.2 Å². The Bertz CT molecular complexity index is 960. The minimum atomic E-state index is -0.618. The molecule has 1 heterocycles. The number of halogens is 1. The fourth-order valence-corrected chi connectivity index (χ4v) is 2.54. The number of hydrogen-bond acceptors (Lipinski definition) is 4. The highest BCUT2D eigenvalue weighted by Gasteiger charge is 2.12. The lowest BCUT2D eigenvalue weighted by Gasteiger charge is -2.12. The molecule has 1 aromatic heterocycles. The molecule has 0 aliphatic carbocycles. The van der Waals surface area contributed by atoms with Crippen molar-refractivity contribution in [2.75, 3.05) is 11.9 Å². The maximum Gasteiger partial charge on any atom is 0.257 e. The molecule has 5 nitrogen and oxygen atoms in total. The molecule has 1 N–H and O–H groups in total. The second-order valence-electron chi connectivity index (χ2n) is 5.73. The predicted molar refractivity (Wildman–Crippen MR) is 101 cm³/mol. The van der Waals surface area contributed by atoms with E-state index in [1.54, 1.807) is 31.2 Å². The summed E-state index contributed by atoms with van der Waals surface area (Å²) in [5.41, 5.74) is 1.19. The Morgan fingerprint density at radius 1 is 1.07 bits per heavy atom. The number of nitrogens with one attached hydrogen (secondary N) is 1. The fourth-order valence-electron chi connectivity index (χ4n) is 2.54. The Balaban J connectivity index is 1.77. The van der Waals surface area contributed by atoms with Gasteiger partial charge in [0.2, 0.25) is 5.95 Å². The van der Waals surface area contributed by atoms with E-state index < -0.39 is 5.95 Å². The Morgan fingerprint density at radius 2 is 1.85 bits per heavy atom. The van der Waals surface area contributed by atoms with E-state index in [4.69, 9.17) is 9.47 Å². The number of anilines is 1. The molecule has 3 rings (SSSR count). The van der Waals surface area contributed by atoms with Crippen LogP contribution < -0.4 is 14.8 Å². The second kappa shape index (κ2) is 8.31. The molecule has 0 atom stereocenters. The van der Waals surface area contributed by atoms with Crippen molar-refractivity contribution in [1.82, 2.24) is 4.98 Å². The molecular weight excluding hydrogens is 347 g/mol. The summed E-state index contributed by atoms with van der Waals surface area (Å²) in [5.74, 6) is 0.789. The summed E-state index contributed by atoms with van der Waals surface area (Å²) < 4.78 is 24.6. The second-order valence-corrected chi connectivity index (χ2v) is 5.73. The molecule has 2 aromatic carbocycles. The summed E-state index contributed by atoms with van der Waals surface area (Å²) >= 11 is 0. The van der Waals surface area contributed by atoms with Crippen LogP contribution in [0.5, 0.6) is 17.2 Å². The largest absolute Gasteiger partial charge is 0.490 e. The van der Waals surface area contributed by atoms with Gasteiger partial charge in [0, 0.05) is 11.8 Å². The number of para-hydroxylation sites is 2. The van der Waals surface area contributed by atoms with Crippen LogP contribution >= 0.6 is 0 Å². The fraction of sp³-hybridized carbons (Fsp3) is 0.143. The SMILES string of the molecule is CCOc1ccccc1Oc1cccc(NC(=O)c2ccc(F)nc2C)c1. The molecule has 6 heteroatoms. The number of aryl methyl sites for hydroxylation is 1. The number of aromatic nitrogens is 1. The molecule has 0 aliphatic rings. The molecule has 138 valence electrons. The molecule has 27 heavy (non-hydrogen) atoms. The number of amides is 1. The molecule has 1 amide bonds. The van der Waals surface area contributed by atoms with Crippen molar-refractivity contribution in [1.29, 1.82) is 0 Å². The van der Waals surface area contributed by atoms with Gasteiger partial charge in [-0.2, -0.15) is 4.39 Å². The normalized spacial score (nSPS) is 10.3. The highest BCUT2D eigenvalue weighted by molar-refractivity contribution is 6.05. The lowest BCUT2D eigenvalue weighted by Crippen LogP contribution is -2.14. The van der Waals surface area contributed by atoms with E-state index in [1.165, 1.54) is 6.07 Å². The number of pyridine rings is 1. The van der Waals surface area contributed by atoms with E-state index in [0.29, 0.717) is 40.8 Å². The maximum absolute atomic E-state index is 13.1. The third-order valence-corrected chi connectivity index (χ3v) is 3.77. The van der Waals surface area contributed by atoms with Crippen molar-refractivity contribution in [3.8, 4) is 17.2 Å². The standard InChI is InChI=1S/C21H19FN2O3/c1-3-26-18-9-4-5-10-19(18)27-16-8-6-7-15(13-16)24-21(25)17-11-12-20(22)23-14(17)2/h4-13H,3H2,1-2H3,(H,24,25). The van der Waals surface area contributed by atoms with Gasteiger partial charge in [-0.1, -0.05) is 18.2 Å². The summed E-state index contributed by atoms with van der Waals surface area (Å²) in [7, 11) is 0. The monoisotopic (exact) mass is 366 g/mol. The molecular formula is C21H19FN2O3. The molecule has 0 aliphatic heterocycles. The molecule has 0 saturated heterocycles. The number of rotatable bonds is 6. The minimum absolute atomic E-state index is 0.310. The Kier molecular flexibility index (Phi) is 5.66. The van der Waals surface area contributed by atoms with Gasteiger partial charge in [-0.05, 0) is 50.2 Å². The Labute approximate surface area is 156 Å². The zero-order valence-corrected chi connectivity index (χ0v) is 15.0. The topological polar surface area (TPSA) is 60.5 Å². The van der Waals surface area contributed by atoms with E-state index >= 15 is 0 Å². The van der Waals surface area contributed by atoms with Gasteiger partial charge in [-0.3, -0.25) is 4.79 Å². The first-order valence-corrected chi connectivity index (χ1v) is 8.51. The van der Waals surface area contributed by atoms with Gasteiger partial charge in [-0.15, -0.1) is 0 Å². The lowest BCUT2D eigenvalue weighted by molar-refractivity contribution is 0.102. The number of carbonyl (C=O) groups excluding carboxylic acids is 1.